The van der Waals surface area contributed by atoms with Crippen LogP contribution in [-0.2, 0) is 4.79 Å². The standard InChI is InChI=1S/C22H35N5O2/c1-16(2)21(28)27-11-9-18(15-27)25-22(23-3)24-13-17-8-10-26(14-17)19-6-5-7-20(12-19)29-4/h5-7,12,16-18H,8-11,13-15H2,1-4H3,(H2,23,24,25). The quantitative estimate of drug-likeness (QED) is 0.563. The summed E-state index contributed by atoms with van der Waals surface area (Å²) in [5.41, 5.74) is 1.22. The van der Waals surface area contributed by atoms with E-state index in [0.29, 0.717) is 5.92 Å². The molecular formula is C22H35N5O2. The lowest BCUT2D eigenvalue weighted by atomic mass is 10.1. The second kappa shape index (κ2) is 9.85. The van der Waals surface area contributed by atoms with E-state index >= 15 is 0 Å². The second-order valence-electron chi connectivity index (χ2n) is 8.32. The van der Waals surface area contributed by atoms with Crippen molar-refractivity contribution in [3.8, 4) is 5.75 Å². The maximum absolute atomic E-state index is 12.2. The SMILES string of the molecule is CN=C(NCC1CCN(c2cccc(OC)c2)C1)NC1CCN(C(=O)C(C)C)C1. The number of hydrogen-bond donors (Lipinski definition) is 2. The highest BCUT2D eigenvalue weighted by Crippen LogP contribution is 2.26. The number of nitrogens with zero attached hydrogens (tertiary/aromatic N) is 3. The summed E-state index contributed by atoms with van der Waals surface area (Å²) < 4.78 is 5.35. The summed E-state index contributed by atoms with van der Waals surface area (Å²) in [7, 11) is 3.51. The van der Waals surface area contributed by atoms with E-state index in [1.54, 1.807) is 14.2 Å². The fourth-order valence-electron chi connectivity index (χ4n) is 4.11. The number of rotatable bonds is 6. The normalized spacial score (nSPS) is 22.3. The first-order chi connectivity index (χ1) is 14.0. The maximum atomic E-state index is 12.2. The number of carbonyl (C=O) groups is 1. The lowest BCUT2D eigenvalue weighted by molar-refractivity contribution is -0.133. The number of guanidine groups is 1. The molecule has 0 bridgehead atoms. The van der Waals surface area contributed by atoms with Gasteiger partial charge in [0, 0.05) is 63.5 Å². The van der Waals surface area contributed by atoms with E-state index in [-0.39, 0.29) is 17.9 Å². The van der Waals surface area contributed by atoms with Crippen LogP contribution in [0.15, 0.2) is 29.3 Å². The Labute approximate surface area is 174 Å². The fourth-order valence-corrected chi connectivity index (χ4v) is 4.11. The summed E-state index contributed by atoms with van der Waals surface area (Å²) in [5, 5.41) is 6.97. The molecule has 2 aliphatic rings. The first-order valence-electron chi connectivity index (χ1n) is 10.6. The fraction of sp³-hybridized carbons (Fsp3) is 0.636. The van der Waals surface area contributed by atoms with Crippen molar-refractivity contribution in [2.24, 2.45) is 16.8 Å². The zero-order chi connectivity index (χ0) is 20.8. The average molecular weight is 402 g/mol. The molecule has 2 atom stereocenters. The third-order valence-corrected chi connectivity index (χ3v) is 5.82. The summed E-state index contributed by atoms with van der Waals surface area (Å²) in [6, 6.07) is 8.53. The molecular weight excluding hydrogens is 366 g/mol. The van der Waals surface area contributed by atoms with Crippen molar-refractivity contribution in [1.82, 2.24) is 15.5 Å². The Bertz CT molecular complexity index is 721. The molecule has 1 aromatic carbocycles. The van der Waals surface area contributed by atoms with Gasteiger partial charge in [-0.1, -0.05) is 19.9 Å². The van der Waals surface area contributed by atoms with Crippen LogP contribution in [0, 0.1) is 11.8 Å². The van der Waals surface area contributed by atoms with E-state index in [9.17, 15) is 4.79 Å². The van der Waals surface area contributed by atoms with Gasteiger partial charge in [-0.05, 0) is 30.9 Å². The summed E-state index contributed by atoms with van der Waals surface area (Å²) in [5.74, 6) is 2.59. The van der Waals surface area contributed by atoms with Crippen LogP contribution in [0.1, 0.15) is 26.7 Å². The van der Waals surface area contributed by atoms with Crippen LogP contribution in [0.4, 0.5) is 5.69 Å². The van der Waals surface area contributed by atoms with Crippen molar-refractivity contribution in [2.45, 2.75) is 32.7 Å². The molecule has 2 N–H and O–H groups in total. The highest BCUT2D eigenvalue weighted by atomic mass is 16.5. The number of amides is 1. The number of methoxy groups -OCH3 is 1. The summed E-state index contributed by atoms with van der Waals surface area (Å²) >= 11 is 0. The molecule has 0 saturated carbocycles. The molecule has 7 nitrogen and oxygen atoms in total. The number of ether oxygens (including phenoxy) is 1. The van der Waals surface area contributed by atoms with Gasteiger partial charge in [-0.3, -0.25) is 9.79 Å². The molecule has 1 aromatic rings. The highest BCUT2D eigenvalue weighted by Gasteiger charge is 2.28. The third kappa shape index (κ3) is 5.55. The second-order valence-corrected chi connectivity index (χ2v) is 8.32. The Morgan fingerprint density at radius 1 is 1.28 bits per heavy atom. The Balaban J connectivity index is 1.44. The minimum Gasteiger partial charge on any atom is -0.497 e. The van der Waals surface area contributed by atoms with Gasteiger partial charge in [-0.2, -0.15) is 0 Å². The average Bonchev–Trinajstić information content (AvgIpc) is 3.40. The number of anilines is 1. The summed E-state index contributed by atoms with van der Waals surface area (Å²) in [4.78, 5) is 20.9. The van der Waals surface area contributed by atoms with E-state index < -0.39 is 0 Å². The van der Waals surface area contributed by atoms with Crippen molar-refractivity contribution in [1.29, 1.82) is 0 Å². The number of aliphatic imine (C=N–C) groups is 1. The van der Waals surface area contributed by atoms with Gasteiger partial charge in [0.15, 0.2) is 5.96 Å². The molecule has 0 spiro atoms. The smallest absolute Gasteiger partial charge is 0.225 e. The van der Waals surface area contributed by atoms with E-state index in [1.165, 1.54) is 5.69 Å². The van der Waals surface area contributed by atoms with Gasteiger partial charge < -0.3 is 25.2 Å². The van der Waals surface area contributed by atoms with Crippen molar-refractivity contribution in [3.05, 3.63) is 24.3 Å². The van der Waals surface area contributed by atoms with Crippen LogP contribution in [0.3, 0.4) is 0 Å². The Morgan fingerprint density at radius 3 is 2.83 bits per heavy atom. The highest BCUT2D eigenvalue weighted by molar-refractivity contribution is 5.81. The topological polar surface area (TPSA) is 69.2 Å². The number of nitrogens with one attached hydrogen (secondary N) is 2. The van der Waals surface area contributed by atoms with Crippen molar-refractivity contribution in [2.75, 3.05) is 51.8 Å². The van der Waals surface area contributed by atoms with E-state index in [1.807, 2.05) is 30.9 Å². The first kappa shape index (κ1) is 21.3. The minimum atomic E-state index is 0.0566. The molecule has 0 aliphatic carbocycles. The number of hydrogen-bond acceptors (Lipinski definition) is 4. The molecule has 2 fully saturated rings. The lowest BCUT2D eigenvalue weighted by Crippen LogP contribution is -2.46. The Morgan fingerprint density at radius 2 is 2.10 bits per heavy atom. The minimum absolute atomic E-state index is 0.0566. The molecule has 7 heteroatoms. The van der Waals surface area contributed by atoms with Crippen LogP contribution in [0.2, 0.25) is 0 Å². The Hall–Kier alpha value is -2.44. The van der Waals surface area contributed by atoms with Gasteiger partial charge in [0.25, 0.3) is 0 Å². The van der Waals surface area contributed by atoms with E-state index in [4.69, 9.17) is 4.74 Å². The zero-order valence-corrected chi connectivity index (χ0v) is 18.1. The number of carbonyl (C=O) groups excluding carboxylic acids is 1. The van der Waals surface area contributed by atoms with E-state index in [2.05, 4.69) is 32.7 Å². The molecule has 2 unspecified atom stereocenters. The zero-order valence-electron chi connectivity index (χ0n) is 18.1. The molecule has 0 aromatic heterocycles. The first-order valence-corrected chi connectivity index (χ1v) is 10.6. The van der Waals surface area contributed by atoms with Crippen LogP contribution in [0.5, 0.6) is 5.75 Å². The van der Waals surface area contributed by atoms with Crippen molar-refractivity contribution < 1.29 is 9.53 Å². The van der Waals surface area contributed by atoms with Gasteiger partial charge in [-0.15, -0.1) is 0 Å². The van der Waals surface area contributed by atoms with Gasteiger partial charge in [0.05, 0.1) is 7.11 Å². The van der Waals surface area contributed by atoms with Crippen molar-refractivity contribution in [3.63, 3.8) is 0 Å². The van der Waals surface area contributed by atoms with Crippen LogP contribution in [-0.4, -0.2) is 69.7 Å². The monoisotopic (exact) mass is 401 g/mol. The van der Waals surface area contributed by atoms with Crippen molar-refractivity contribution >= 4 is 17.6 Å². The largest absolute Gasteiger partial charge is 0.497 e. The van der Waals surface area contributed by atoms with Crippen LogP contribution < -0.4 is 20.3 Å². The Kier molecular flexibility index (Phi) is 7.23. The maximum Gasteiger partial charge on any atom is 0.225 e. The van der Waals surface area contributed by atoms with Gasteiger partial charge in [0.1, 0.15) is 5.75 Å². The molecule has 29 heavy (non-hydrogen) atoms. The third-order valence-electron chi connectivity index (χ3n) is 5.82. The van der Waals surface area contributed by atoms with Gasteiger partial charge in [-0.25, -0.2) is 0 Å². The molecule has 160 valence electrons. The van der Waals surface area contributed by atoms with Crippen LogP contribution in [0.25, 0.3) is 0 Å². The summed E-state index contributed by atoms with van der Waals surface area (Å²) in [6.07, 6.45) is 2.12. The summed E-state index contributed by atoms with van der Waals surface area (Å²) in [6.45, 7) is 8.47. The molecule has 2 saturated heterocycles. The molecule has 2 heterocycles. The van der Waals surface area contributed by atoms with Crippen LogP contribution >= 0.6 is 0 Å². The predicted molar refractivity (Wildman–Crippen MR) is 118 cm³/mol. The lowest BCUT2D eigenvalue weighted by Gasteiger charge is -2.22. The van der Waals surface area contributed by atoms with E-state index in [0.717, 1.165) is 57.3 Å². The molecule has 0 radical (unpaired) electrons. The number of likely N-dealkylation sites (tertiary alicyclic amines) is 1. The predicted octanol–water partition coefficient (Wildman–Crippen LogP) is 1.94. The van der Waals surface area contributed by atoms with Gasteiger partial charge >= 0.3 is 0 Å². The number of benzene rings is 1. The van der Waals surface area contributed by atoms with Gasteiger partial charge in [0.2, 0.25) is 5.91 Å². The molecule has 2 aliphatic heterocycles. The molecule has 1 amide bonds. The molecule has 3 rings (SSSR count).